The van der Waals surface area contributed by atoms with Crippen molar-refractivity contribution in [3.05, 3.63) is 53.6 Å². The second kappa shape index (κ2) is 7.28. The third-order valence-corrected chi connectivity index (χ3v) is 5.00. The van der Waals surface area contributed by atoms with Gasteiger partial charge in [0.05, 0.1) is 6.42 Å². The molecule has 0 atom stereocenters. The number of carbonyl (C=O) groups excluding carboxylic acids is 1. The van der Waals surface area contributed by atoms with E-state index in [0.29, 0.717) is 19.6 Å². The van der Waals surface area contributed by atoms with Crippen molar-refractivity contribution >= 4 is 11.6 Å². The van der Waals surface area contributed by atoms with Crippen molar-refractivity contribution in [3.8, 4) is 11.5 Å². The van der Waals surface area contributed by atoms with Crippen molar-refractivity contribution in [2.24, 2.45) is 0 Å². The molecule has 136 valence electrons. The quantitative estimate of drug-likeness (QED) is 0.852. The number of hydrogen-bond donors (Lipinski definition) is 0. The Balaban J connectivity index is 1.35. The molecule has 0 aromatic heterocycles. The number of ether oxygens (including phenoxy) is 2. The SMILES string of the molecule is Cc1ccc(CC(=O)N2CCN(c3ccc4c(c3)OCCO4)CC2)cc1. The maximum atomic E-state index is 12.6. The standard InChI is InChI=1S/C21H24N2O3/c1-16-2-4-17(5-3-16)14-21(24)23-10-8-22(9-11-23)18-6-7-19-20(15-18)26-13-12-25-19/h2-7,15H,8-14H2,1H3. The Morgan fingerprint density at radius 3 is 2.35 bits per heavy atom. The van der Waals surface area contributed by atoms with E-state index in [9.17, 15) is 4.79 Å². The zero-order valence-corrected chi connectivity index (χ0v) is 15.1. The molecule has 1 amide bonds. The fourth-order valence-electron chi connectivity index (χ4n) is 3.44. The fraction of sp³-hybridized carbons (Fsp3) is 0.381. The summed E-state index contributed by atoms with van der Waals surface area (Å²) in [6, 6.07) is 14.3. The van der Waals surface area contributed by atoms with Crippen LogP contribution in [0.15, 0.2) is 42.5 Å². The van der Waals surface area contributed by atoms with E-state index >= 15 is 0 Å². The number of rotatable bonds is 3. The largest absolute Gasteiger partial charge is 0.486 e. The molecular weight excluding hydrogens is 328 g/mol. The summed E-state index contributed by atoms with van der Waals surface area (Å²) >= 11 is 0. The van der Waals surface area contributed by atoms with Gasteiger partial charge in [0.25, 0.3) is 0 Å². The minimum atomic E-state index is 0.204. The van der Waals surface area contributed by atoms with Crippen molar-refractivity contribution in [2.45, 2.75) is 13.3 Å². The highest BCUT2D eigenvalue weighted by molar-refractivity contribution is 5.79. The zero-order valence-electron chi connectivity index (χ0n) is 15.1. The van der Waals surface area contributed by atoms with Gasteiger partial charge in [-0.2, -0.15) is 0 Å². The maximum absolute atomic E-state index is 12.6. The van der Waals surface area contributed by atoms with Crippen LogP contribution in [0.3, 0.4) is 0 Å². The summed E-state index contributed by atoms with van der Waals surface area (Å²) in [6.07, 6.45) is 0.476. The van der Waals surface area contributed by atoms with Crippen molar-refractivity contribution in [1.29, 1.82) is 0 Å². The number of carbonyl (C=O) groups is 1. The van der Waals surface area contributed by atoms with Gasteiger partial charge < -0.3 is 19.3 Å². The third kappa shape index (κ3) is 3.62. The Labute approximate surface area is 154 Å². The van der Waals surface area contributed by atoms with Crippen LogP contribution in [0.4, 0.5) is 5.69 Å². The van der Waals surface area contributed by atoms with Gasteiger partial charge in [0, 0.05) is 37.9 Å². The predicted octanol–water partition coefficient (Wildman–Crippen LogP) is 2.66. The molecule has 2 aliphatic heterocycles. The lowest BCUT2D eigenvalue weighted by atomic mass is 10.1. The summed E-state index contributed by atoms with van der Waals surface area (Å²) in [5.41, 5.74) is 3.42. The molecule has 2 heterocycles. The van der Waals surface area contributed by atoms with E-state index in [1.165, 1.54) is 5.56 Å². The van der Waals surface area contributed by atoms with Gasteiger partial charge in [-0.15, -0.1) is 0 Å². The molecule has 0 bridgehead atoms. The second-order valence-electron chi connectivity index (χ2n) is 6.86. The summed E-state index contributed by atoms with van der Waals surface area (Å²) in [4.78, 5) is 16.8. The molecule has 0 spiro atoms. The van der Waals surface area contributed by atoms with Crippen LogP contribution in [0, 0.1) is 6.92 Å². The molecule has 2 aromatic carbocycles. The lowest BCUT2D eigenvalue weighted by molar-refractivity contribution is -0.130. The molecule has 5 heteroatoms. The van der Waals surface area contributed by atoms with E-state index in [4.69, 9.17) is 9.47 Å². The minimum absolute atomic E-state index is 0.204. The number of piperazine rings is 1. The Hall–Kier alpha value is -2.69. The average molecular weight is 352 g/mol. The number of benzene rings is 2. The summed E-state index contributed by atoms with van der Waals surface area (Å²) in [5, 5.41) is 0. The van der Waals surface area contributed by atoms with Crippen LogP contribution in [0.25, 0.3) is 0 Å². The van der Waals surface area contributed by atoms with E-state index < -0.39 is 0 Å². The van der Waals surface area contributed by atoms with Crippen LogP contribution in [-0.4, -0.2) is 50.2 Å². The van der Waals surface area contributed by atoms with Crippen LogP contribution in [0.5, 0.6) is 11.5 Å². The van der Waals surface area contributed by atoms with Gasteiger partial charge >= 0.3 is 0 Å². The first kappa shape index (κ1) is 16.8. The lowest BCUT2D eigenvalue weighted by Crippen LogP contribution is -2.49. The summed E-state index contributed by atoms with van der Waals surface area (Å²) < 4.78 is 11.3. The van der Waals surface area contributed by atoms with Crippen LogP contribution < -0.4 is 14.4 Å². The molecule has 2 aliphatic rings. The Morgan fingerprint density at radius 1 is 0.923 bits per heavy atom. The monoisotopic (exact) mass is 352 g/mol. The fourth-order valence-corrected chi connectivity index (χ4v) is 3.44. The molecule has 4 rings (SSSR count). The molecule has 0 aliphatic carbocycles. The van der Waals surface area contributed by atoms with Crippen LogP contribution >= 0.6 is 0 Å². The molecule has 0 saturated carbocycles. The molecule has 2 aromatic rings. The molecule has 5 nitrogen and oxygen atoms in total. The normalized spacial score (nSPS) is 16.5. The summed E-state index contributed by atoms with van der Waals surface area (Å²) in [6.45, 7) is 6.42. The number of nitrogens with zero attached hydrogens (tertiary/aromatic N) is 2. The number of aryl methyl sites for hydroxylation is 1. The van der Waals surface area contributed by atoms with Crippen molar-refractivity contribution in [3.63, 3.8) is 0 Å². The number of amides is 1. The number of anilines is 1. The molecular formula is C21H24N2O3. The van der Waals surface area contributed by atoms with Gasteiger partial charge in [-0.25, -0.2) is 0 Å². The molecule has 0 N–H and O–H groups in total. The molecule has 1 saturated heterocycles. The topological polar surface area (TPSA) is 42.0 Å². The average Bonchev–Trinajstić information content (AvgIpc) is 2.69. The maximum Gasteiger partial charge on any atom is 0.227 e. The van der Waals surface area contributed by atoms with E-state index in [1.807, 2.05) is 29.2 Å². The van der Waals surface area contributed by atoms with E-state index in [0.717, 1.165) is 48.9 Å². The van der Waals surface area contributed by atoms with Gasteiger partial charge in [0.15, 0.2) is 11.5 Å². The summed E-state index contributed by atoms with van der Waals surface area (Å²) in [5.74, 6) is 1.83. The lowest BCUT2D eigenvalue weighted by Gasteiger charge is -2.36. The zero-order chi connectivity index (χ0) is 17.9. The summed E-state index contributed by atoms with van der Waals surface area (Å²) in [7, 11) is 0. The molecule has 1 fully saturated rings. The highest BCUT2D eigenvalue weighted by Crippen LogP contribution is 2.34. The van der Waals surface area contributed by atoms with Gasteiger partial charge in [-0.1, -0.05) is 29.8 Å². The van der Waals surface area contributed by atoms with Crippen LogP contribution in [0.1, 0.15) is 11.1 Å². The van der Waals surface area contributed by atoms with E-state index in [2.05, 4.69) is 30.0 Å². The Bertz CT molecular complexity index is 780. The first-order chi connectivity index (χ1) is 12.7. The van der Waals surface area contributed by atoms with Crippen molar-refractivity contribution in [2.75, 3.05) is 44.3 Å². The third-order valence-electron chi connectivity index (χ3n) is 5.00. The first-order valence-corrected chi connectivity index (χ1v) is 9.17. The van der Waals surface area contributed by atoms with Crippen LogP contribution in [0.2, 0.25) is 0 Å². The van der Waals surface area contributed by atoms with Gasteiger partial charge in [0.2, 0.25) is 5.91 Å². The Kier molecular flexibility index (Phi) is 4.69. The first-order valence-electron chi connectivity index (χ1n) is 9.17. The van der Waals surface area contributed by atoms with Crippen molar-refractivity contribution < 1.29 is 14.3 Å². The molecule has 0 unspecified atom stereocenters. The van der Waals surface area contributed by atoms with E-state index in [1.54, 1.807) is 0 Å². The molecule has 26 heavy (non-hydrogen) atoms. The smallest absolute Gasteiger partial charge is 0.227 e. The highest BCUT2D eigenvalue weighted by Gasteiger charge is 2.22. The highest BCUT2D eigenvalue weighted by atomic mass is 16.6. The Morgan fingerprint density at radius 2 is 1.62 bits per heavy atom. The number of fused-ring (bicyclic) bond motifs is 1. The second-order valence-corrected chi connectivity index (χ2v) is 6.86. The van der Waals surface area contributed by atoms with Crippen molar-refractivity contribution in [1.82, 2.24) is 4.90 Å². The van der Waals surface area contributed by atoms with Gasteiger partial charge in [-0.05, 0) is 24.6 Å². The van der Waals surface area contributed by atoms with Crippen LogP contribution in [-0.2, 0) is 11.2 Å². The minimum Gasteiger partial charge on any atom is -0.486 e. The van der Waals surface area contributed by atoms with Gasteiger partial charge in [-0.3, -0.25) is 4.79 Å². The van der Waals surface area contributed by atoms with Gasteiger partial charge in [0.1, 0.15) is 13.2 Å². The van der Waals surface area contributed by atoms with E-state index in [-0.39, 0.29) is 5.91 Å². The molecule has 0 radical (unpaired) electrons. The predicted molar refractivity (Wildman–Crippen MR) is 101 cm³/mol. The number of hydrogen-bond acceptors (Lipinski definition) is 4.